The molecule has 3 N–H and O–H groups in total. The predicted molar refractivity (Wildman–Crippen MR) is 131 cm³/mol. The van der Waals surface area contributed by atoms with Crippen LogP contribution in [0.3, 0.4) is 0 Å². The zero-order valence-electron chi connectivity index (χ0n) is 20.3. The fourth-order valence-corrected chi connectivity index (χ4v) is 5.98. The van der Waals surface area contributed by atoms with Crippen molar-refractivity contribution in [3.8, 4) is 11.1 Å². The van der Waals surface area contributed by atoms with Gasteiger partial charge in [-0.1, -0.05) is 69.3 Å². The number of carboxylic acids is 1. The third-order valence-corrected chi connectivity index (χ3v) is 7.92. The summed E-state index contributed by atoms with van der Waals surface area (Å²) in [6.07, 6.45) is 1.16. The average molecular weight is 477 g/mol. The monoisotopic (exact) mass is 476 g/mol. The Morgan fingerprint density at radius 1 is 1.03 bits per heavy atom. The van der Waals surface area contributed by atoms with E-state index in [1.54, 1.807) is 0 Å². The SMILES string of the molecule is CC(C)(C)[C@@H](NC(=O)OCC1c2ccccc2-c2ccccc21)C(=O)NC1CC2CC2(C(=O)O)C1. The number of fused-ring (bicyclic) bond motifs is 4. The van der Waals surface area contributed by atoms with Crippen LogP contribution < -0.4 is 10.6 Å². The number of alkyl carbamates (subject to hydrolysis) is 1. The number of hydrogen-bond acceptors (Lipinski definition) is 4. The van der Waals surface area contributed by atoms with Crippen LogP contribution in [0.25, 0.3) is 11.1 Å². The molecule has 3 aliphatic carbocycles. The van der Waals surface area contributed by atoms with Gasteiger partial charge in [-0.2, -0.15) is 0 Å². The van der Waals surface area contributed by atoms with E-state index < -0.39 is 28.9 Å². The first-order chi connectivity index (χ1) is 16.6. The standard InChI is InChI=1S/C28H32N2O5/c1-27(2,3)23(24(31)29-17-12-16-13-28(16,14-17)25(32)33)30-26(34)35-15-22-20-10-6-4-8-18(20)19-9-5-7-11-21(19)22/h4-11,16-17,22-23H,12-15H2,1-3H3,(H,29,31)(H,30,34)(H,32,33)/t16?,17?,23-,28?/m0/s1. The van der Waals surface area contributed by atoms with E-state index in [9.17, 15) is 19.5 Å². The Kier molecular flexibility index (Phi) is 5.61. The molecule has 0 radical (unpaired) electrons. The summed E-state index contributed by atoms with van der Waals surface area (Å²) in [7, 11) is 0. The zero-order chi connectivity index (χ0) is 25.0. The highest BCUT2D eigenvalue weighted by atomic mass is 16.5. The molecule has 2 amide bonds. The maximum absolute atomic E-state index is 13.1. The van der Waals surface area contributed by atoms with Gasteiger partial charge in [-0.25, -0.2) is 4.79 Å². The van der Waals surface area contributed by atoms with Crippen molar-refractivity contribution in [1.29, 1.82) is 0 Å². The summed E-state index contributed by atoms with van der Waals surface area (Å²) < 4.78 is 5.65. The summed E-state index contributed by atoms with van der Waals surface area (Å²) in [4.78, 5) is 37.6. The lowest BCUT2D eigenvalue weighted by atomic mass is 9.86. The van der Waals surface area contributed by atoms with Crippen LogP contribution in [0.15, 0.2) is 48.5 Å². The Balaban J connectivity index is 1.22. The summed E-state index contributed by atoms with van der Waals surface area (Å²) >= 11 is 0. The Bertz CT molecular complexity index is 1140. The molecule has 4 atom stereocenters. The maximum Gasteiger partial charge on any atom is 0.407 e. The van der Waals surface area contributed by atoms with E-state index in [1.165, 1.54) is 0 Å². The van der Waals surface area contributed by atoms with Crippen LogP contribution in [-0.4, -0.2) is 41.8 Å². The molecule has 0 spiro atoms. The number of carbonyl (C=O) groups is 3. The topological polar surface area (TPSA) is 105 Å². The summed E-state index contributed by atoms with van der Waals surface area (Å²) in [6.45, 7) is 5.81. The first-order valence-corrected chi connectivity index (χ1v) is 12.3. The number of ether oxygens (including phenoxy) is 1. The van der Waals surface area contributed by atoms with Gasteiger partial charge in [0.1, 0.15) is 12.6 Å². The molecule has 0 aromatic heterocycles. The number of benzene rings is 2. The number of rotatable bonds is 6. The van der Waals surface area contributed by atoms with E-state index in [1.807, 2.05) is 45.0 Å². The lowest BCUT2D eigenvalue weighted by Crippen LogP contribution is -2.55. The number of nitrogens with one attached hydrogen (secondary N) is 2. The minimum atomic E-state index is -0.809. The van der Waals surface area contributed by atoms with Gasteiger partial charge in [0, 0.05) is 12.0 Å². The molecule has 2 fully saturated rings. The molecule has 35 heavy (non-hydrogen) atoms. The summed E-state index contributed by atoms with van der Waals surface area (Å²) in [5, 5.41) is 15.3. The highest BCUT2D eigenvalue weighted by Gasteiger charge is 2.65. The van der Waals surface area contributed by atoms with Gasteiger partial charge in [-0.15, -0.1) is 0 Å². The van der Waals surface area contributed by atoms with Gasteiger partial charge < -0.3 is 20.5 Å². The zero-order valence-corrected chi connectivity index (χ0v) is 20.3. The number of aliphatic carboxylic acids is 1. The Labute approximate surface area is 205 Å². The molecule has 0 bridgehead atoms. The smallest absolute Gasteiger partial charge is 0.407 e. The third-order valence-electron chi connectivity index (χ3n) is 7.92. The second-order valence-electron chi connectivity index (χ2n) is 11.3. The normalized spacial score (nSPS) is 25.1. The van der Waals surface area contributed by atoms with Crippen LogP contribution in [0.2, 0.25) is 0 Å². The van der Waals surface area contributed by atoms with Crippen LogP contribution in [0.4, 0.5) is 4.79 Å². The molecule has 3 aliphatic rings. The van der Waals surface area contributed by atoms with Crippen molar-refractivity contribution in [1.82, 2.24) is 10.6 Å². The van der Waals surface area contributed by atoms with Crippen LogP contribution in [-0.2, 0) is 14.3 Å². The van der Waals surface area contributed by atoms with Crippen molar-refractivity contribution < 1.29 is 24.2 Å². The second kappa shape index (κ2) is 8.40. The second-order valence-corrected chi connectivity index (χ2v) is 11.3. The van der Waals surface area contributed by atoms with Gasteiger partial charge in [-0.05, 0) is 52.8 Å². The first kappa shape index (κ1) is 23.4. The van der Waals surface area contributed by atoms with Crippen molar-refractivity contribution in [2.24, 2.45) is 16.7 Å². The fourth-order valence-electron chi connectivity index (χ4n) is 5.98. The van der Waals surface area contributed by atoms with E-state index in [4.69, 9.17) is 4.74 Å². The highest BCUT2D eigenvalue weighted by Crippen LogP contribution is 2.63. The summed E-state index contributed by atoms with van der Waals surface area (Å²) in [5.41, 5.74) is 3.32. The molecule has 2 aromatic carbocycles. The summed E-state index contributed by atoms with van der Waals surface area (Å²) in [6, 6.07) is 15.3. The molecule has 2 saturated carbocycles. The Morgan fingerprint density at radius 2 is 1.63 bits per heavy atom. The van der Waals surface area contributed by atoms with Gasteiger partial charge >= 0.3 is 12.1 Å². The quantitative estimate of drug-likeness (QED) is 0.576. The highest BCUT2D eigenvalue weighted by molar-refractivity contribution is 5.87. The molecule has 3 unspecified atom stereocenters. The van der Waals surface area contributed by atoms with E-state index in [0.29, 0.717) is 19.3 Å². The molecular weight excluding hydrogens is 444 g/mol. The molecule has 184 valence electrons. The molecule has 2 aromatic rings. The lowest BCUT2D eigenvalue weighted by Gasteiger charge is -2.31. The molecule has 7 heteroatoms. The molecule has 0 aliphatic heterocycles. The molecule has 5 rings (SSSR count). The number of carboxylic acid groups (broad SMARTS) is 1. The van der Waals surface area contributed by atoms with E-state index in [2.05, 4.69) is 34.9 Å². The van der Waals surface area contributed by atoms with Crippen molar-refractivity contribution in [3.63, 3.8) is 0 Å². The first-order valence-electron chi connectivity index (χ1n) is 12.3. The Hall–Kier alpha value is -3.35. The van der Waals surface area contributed by atoms with Crippen molar-refractivity contribution in [2.45, 2.75) is 58.0 Å². The minimum Gasteiger partial charge on any atom is -0.481 e. The molecule has 7 nitrogen and oxygen atoms in total. The van der Waals surface area contributed by atoms with Crippen LogP contribution in [0, 0.1) is 16.7 Å². The Morgan fingerprint density at radius 3 is 2.17 bits per heavy atom. The van der Waals surface area contributed by atoms with E-state index >= 15 is 0 Å². The van der Waals surface area contributed by atoms with Crippen molar-refractivity contribution in [3.05, 3.63) is 59.7 Å². The third kappa shape index (κ3) is 4.17. The van der Waals surface area contributed by atoms with Gasteiger partial charge in [0.05, 0.1) is 5.41 Å². The molecule has 0 heterocycles. The van der Waals surface area contributed by atoms with Crippen LogP contribution >= 0.6 is 0 Å². The van der Waals surface area contributed by atoms with Crippen molar-refractivity contribution >= 4 is 18.0 Å². The number of amides is 2. The maximum atomic E-state index is 13.1. The van der Waals surface area contributed by atoms with Crippen LogP contribution in [0.5, 0.6) is 0 Å². The van der Waals surface area contributed by atoms with Gasteiger partial charge in [0.15, 0.2) is 0 Å². The largest absolute Gasteiger partial charge is 0.481 e. The number of carbonyl (C=O) groups excluding carboxylic acids is 2. The van der Waals surface area contributed by atoms with Crippen molar-refractivity contribution in [2.75, 3.05) is 6.61 Å². The molecular formula is C28H32N2O5. The van der Waals surface area contributed by atoms with Gasteiger partial charge in [0.2, 0.25) is 5.91 Å². The van der Waals surface area contributed by atoms with Crippen LogP contribution in [0.1, 0.15) is 57.1 Å². The van der Waals surface area contributed by atoms with Gasteiger partial charge in [-0.3, -0.25) is 9.59 Å². The summed E-state index contributed by atoms with van der Waals surface area (Å²) in [5.74, 6) is -1.01. The van der Waals surface area contributed by atoms with E-state index in [0.717, 1.165) is 22.3 Å². The fraction of sp³-hybridized carbons (Fsp3) is 0.464. The van der Waals surface area contributed by atoms with E-state index in [-0.39, 0.29) is 30.4 Å². The predicted octanol–water partition coefficient (Wildman–Crippen LogP) is 4.31. The number of hydrogen-bond donors (Lipinski definition) is 3. The molecule has 0 saturated heterocycles. The minimum absolute atomic E-state index is 0.0625. The van der Waals surface area contributed by atoms with Gasteiger partial charge in [0.25, 0.3) is 0 Å². The lowest BCUT2D eigenvalue weighted by molar-refractivity contribution is -0.144. The average Bonchev–Trinajstić information content (AvgIpc) is 3.24.